The molecule has 0 spiro atoms. The van der Waals surface area contributed by atoms with Crippen molar-refractivity contribution < 1.29 is 28.1 Å². The molecule has 3 aliphatic heterocycles. The summed E-state index contributed by atoms with van der Waals surface area (Å²) in [5.74, 6) is 0.225. The highest BCUT2D eigenvalue weighted by Crippen LogP contribution is 2.49. The molecule has 9 heteroatoms. The maximum absolute atomic E-state index is 15.9. The maximum atomic E-state index is 15.9. The van der Waals surface area contributed by atoms with E-state index in [-0.39, 0.29) is 52.7 Å². The molecule has 2 bridgehead atoms. The number of anilines is 1. The van der Waals surface area contributed by atoms with Crippen LogP contribution in [0.3, 0.4) is 0 Å². The number of methoxy groups -OCH3 is 1. The van der Waals surface area contributed by atoms with Gasteiger partial charge < -0.3 is 28.7 Å². The fourth-order valence-corrected chi connectivity index (χ4v) is 7.20. The number of hydrogen-bond donors (Lipinski definition) is 1. The van der Waals surface area contributed by atoms with E-state index in [2.05, 4.69) is 39.5 Å². The number of nitrogens with zero attached hydrogens (tertiary/aromatic N) is 2. The van der Waals surface area contributed by atoms with E-state index >= 15 is 4.39 Å². The van der Waals surface area contributed by atoms with Crippen molar-refractivity contribution in [2.75, 3.05) is 44.9 Å². The molecule has 2 fully saturated rings. The van der Waals surface area contributed by atoms with Crippen molar-refractivity contribution >= 4 is 17.3 Å². The van der Waals surface area contributed by atoms with Crippen molar-refractivity contribution in [3.8, 4) is 17.2 Å². The zero-order valence-electron chi connectivity index (χ0n) is 28.0. The van der Waals surface area contributed by atoms with Crippen LogP contribution in [-0.4, -0.2) is 67.7 Å². The van der Waals surface area contributed by atoms with Gasteiger partial charge in [-0.2, -0.15) is 0 Å². The minimum Gasteiger partial charge on any atom is -0.494 e. The lowest BCUT2D eigenvalue weighted by molar-refractivity contribution is -0.0968. The summed E-state index contributed by atoms with van der Waals surface area (Å²) >= 11 is 0. The first kappa shape index (κ1) is 32.1. The number of hydrogen-bond acceptors (Lipinski definition) is 7. The molecule has 240 valence electrons. The van der Waals surface area contributed by atoms with Crippen LogP contribution >= 0.6 is 0 Å². The monoisotopic (exact) mass is 609 g/mol. The Hall–Kier alpha value is -3.33. The number of halogens is 1. The summed E-state index contributed by atoms with van der Waals surface area (Å²) in [4.78, 5) is 18.2. The molecule has 0 aliphatic carbocycles. The smallest absolute Gasteiger partial charge is 0.197 e. The normalized spacial score (nSPS) is 24.0. The molecule has 2 aromatic carbocycles. The van der Waals surface area contributed by atoms with Crippen LogP contribution in [0.25, 0.3) is 0 Å². The molecule has 1 N–H and O–H groups in total. The number of rotatable bonds is 9. The molecule has 5 rings (SSSR count). The van der Waals surface area contributed by atoms with Crippen molar-refractivity contribution in [3.63, 3.8) is 0 Å². The Morgan fingerprint density at radius 2 is 1.61 bits per heavy atom. The second-order valence-corrected chi connectivity index (χ2v) is 14.4. The van der Waals surface area contributed by atoms with Crippen LogP contribution in [-0.2, 0) is 15.7 Å². The number of benzene rings is 2. The van der Waals surface area contributed by atoms with Crippen molar-refractivity contribution in [2.45, 2.75) is 97.3 Å². The van der Waals surface area contributed by atoms with Crippen LogP contribution in [0.1, 0.15) is 102 Å². The Labute approximate surface area is 261 Å². The summed E-state index contributed by atoms with van der Waals surface area (Å²) < 4.78 is 39.8. The van der Waals surface area contributed by atoms with Gasteiger partial charge in [0.1, 0.15) is 11.6 Å². The molecular weight excluding hydrogens is 561 g/mol. The van der Waals surface area contributed by atoms with Gasteiger partial charge in [0.25, 0.3) is 0 Å². The lowest BCUT2D eigenvalue weighted by Crippen LogP contribution is -2.54. The Balaban J connectivity index is 1.55. The van der Waals surface area contributed by atoms with Crippen molar-refractivity contribution in [3.05, 3.63) is 46.3 Å². The Morgan fingerprint density at radius 3 is 2.16 bits per heavy atom. The molecular formula is C35H48FN3O5. The van der Waals surface area contributed by atoms with E-state index in [4.69, 9.17) is 24.4 Å². The van der Waals surface area contributed by atoms with Gasteiger partial charge in [-0.15, -0.1) is 0 Å². The number of carbonyl (C=O) groups excluding carboxylic acids is 1. The van der Waals surface area contributed by atoms with Crippen LogP contribution in [0.5, 0.6) is 17.2 Å². The number of amidine groups is 1. The van der Waals surface area contributed by atoms with Crippen LogP contribution in [0.2, 0.25) is 0 Å². The first-order chi connectivity index (χ1) is 20.5. The first-order valence-electron chi connectivity index (χ1n) is 15.7. The molecule has 3 heterocycles. The summed E-state index contributed by atoms with van der Waals surface area (Å²) in [5, 5.41) is 9.04. The fourth-order valence-electron chi connectivity index (χ4n) is 7.20. The molecule has 3 aliphatic rings. The second kappa shape index (κ2) is 10.9. The van der Waals surface area contributed by atoms with Crippen molar-refractivity contribution in [1.82, 2.24) is 4.90 Å². The summed E-state index contributed by atoms with van der Waals surface area (Å²) in [6.45, 7) is 20.0. The lowest BCUT2D eigenvalue weighted by atomic mass is 9.84. The Morgan fingerprint density at radius 1 is 1.00 bits per heavy atom. The van der Waals surface area contributed by atoms with E-state index in [0.29, 0.717) is 36.6 Å². The number of morpholine rings is 1. The van der Waals surface area contributed by atoms with Gasteiger partial charge >= 0.3 is 0 Å². The number of nitrogens with one attached hydrogen (secondary N) is 1. The molecule has 8 nitrogen and oxygen atoms in total. The third-order valence-corrected chi connectivity index (χ3v) is 9.39. The SMILES string of the molecule is CCOc1cc2c(c(F)c1OCC)C(=N)N(CC(=O)c1cc(N3C[C@]4(C)CC[C@](C)(C3)O4)c(OC)c(C(C)(C)C)c1)C2(C)C. The summed E-state index contributed by atoms with van der Waals surface area (Å²) in [6.07, 6.45) is 1.96. The molecule has 44 heavy (non-hydrogen) atoms. The molecule has 2 atom stereocenters. The van der Waals surface area contributed by atoms with Crippen LogP contribution < -0.4 is 19.1 Å². The number of carbonyl (C=O) groups is 1. The van der Waals surface area contributed by atoms with Gasteiger partial charge in [0.05, 0.1) is 54.9 Å². The molecule has 0 radical (unpaired) electrons. The topological polar surface area (TPSA) is 84.3 Å². The predicted octanol–water partition coefficient (Wildman–Crippen LogP) is 6.84. The quantitative estimate of drug-likeness (QED) is 0.312. The minimum absolute atomic E-state index is 0.00156. The molecule has 0 unspecified atom stereocenters. The molecule has 2 aromatic rings. The molecule has 0 amide bonds. The van der Waals surface area contributed by atoms with E-state index in [1.54, 1.807) is 25.0 Å². The van der Waals surface area contributed by atoms with E-state index in [0.717, 1.165) is 29.8 Å². The highest BCUT2D eigenvalue weighted by molar-refractivity contribution is 6.07. The highest BCUT2D eigenvalue weighted by atomic mass is 19.1. The van der Waals surface area contributed by atoms with Crippen molar-refractivity contribution in [2.24, 2.45) is 0 Å². The molecule has 0 saturated carbocycles. The summed E-state index contributed by atoms with van der Waals surface area (Å²) in [6, 6.07) is 5.60. The average molecular weight is 610 g/mol. The Bertz CT molecular complexity index is 1480. The number of ketones is 1. The van der Waals surface area contributed by atoms with Gasteiger partial charge in [-0.05, 0) is 83.6 Å². The standard InChI is InChI=1S/C35H48FN3O5/c1-11-42-26-17-22-27(28(36)30(26)43-12-2)31(37)39(33(22,6)7)18-25(40)21-15-23(32(3,4)5)29(41-10)24(16-21)38-19-34(8)13-14-35(9,20-38)44-34/h15-17,37H,11-14,18-20H2,1-10H3/t34-,35+. The van der Waals surface area contributed by atoms with Crippen molar-refractivity contribution in [1.29, 1.82) is 5.41 Å². The zero-order chi connectivity index (χ0) is 32.4. The van der Waals surface area contributed by atoms with E-state index < -0.39 is 11.4 Å². The van der Waals surface area contributed by atoms with E-state index in [1.165, 1.54) is 0 Å². The Kier molecular flexibility index (Phi) is 7.97. The lowest BCUT2D eigenvalue weighted by Gasteiger charge is -2.45. The van der Waals surface area contributed by atoms with Gasteiger partial charge in [0.15, 0.2) is 23.1 Å². The number of ether oxygens (including phenoxy) is 4. The van der Waals surface area contributed by atoms with Gasteiger partial charge in [0, 0.05) is 24.2 Å². The fraction of sp³-hybridized carbons (Fsp3) is 0.600. The van der Waals surface area contributed by atoms with Crippen LogP contribution in [0.4, 0.5) is 10.1 Å². The largest absolute Gasteiger partial charge is 0.494 e. The summed E-state index contributed by atoms with van der Waals surface area (Å²) in [5.41, 5.74) is 1.39. The van der Waals surface area contributed by atoms with Gasteiger partial charge in [-0.1, -0.05) is 20.8 Å². The second-order valence-electron chi connectivity index (χ2n) is 14.4. The first-order valence-corrected chi connectivity index (χ1v) is 15.7. The summed E-state index contributed by atoms with van der Waals surface area (Å²) in [7, 11) is 1.68. The number of Topliss-reactive ketones (excluding diaryl/α,β-unsaturated/α-hetero) is 1. The minimum atomic E-state index is -0.839. The van der Waals surface area contributed by atoms with Crippen LogP contribution in [0.15, 0.2) is 18.2 Å². The highest BCUT2D eigenvalue weighted by Gasteiger charge is 2.51. The van der Waals surface area contributed by atoms with Gasteiger partial charge in [-0.3, -0.25) is 10.2 Å². The zero-order valence-corrected chi connectivity index (χ0v) is 28.0. The van der Waals surface area contributed by atoms with Gasteiger partial charge in [0.2, 0.25) is 0 Å². The van der Waals surface area contributed by atoms with Gasteiger partial charge in [-0.25, -0.2) is 4.39 Å². The van der Waals surface area contributed by atoms with Crippen LogP contribution in [0, 0.1) is 11.2 Å². The maximum Gasteiger partial charge on any atom is 0.197 e. The predicted molar refractivity (Wildman–Crippen MR) is 171 cm³/mol. The third-order valence-electron chi connectivity index (χ3n) is 9.39. The van der Waals surface area contributed by atoms with E-state index in [1.807, 2.05) is 32.9 Å². The molecule has 2 saturated heterocycles. The number of fused-ring (bicyclic) bond motifs is 3. The average Bonchev–Trinajstić information content (AvgIpc) is 3.28. The third kappa shape index (κ3) is 5.31. The van der Waals surface area contributed by atoms with E-state index in [9.17, 15) is 4.79 Å². The molecule has 0 aromatic heterocycles.